The van der Waals surface area contributed by atoms with Crippen molar-refractivity contribution in [2.75, 3.05) is 0 Å². The second kappa shape index (κ2) is 6.34. The van der Waals surface area contributed by atoms with Gasteiger partial charge in [0.25, 0.3) is 0 Å². The van der Waals surface area contributed by atoms with Crippen molar-refractivity contribution in [3.05, 3.63) is 42.0 Å². The van der Waals surface area contributed by atoms with E-state index in [4.69, 9.17) is 0 Å². The van der Waals surface area contributed by atoms with E-state index in [0.717, 1.165) is 5.56 Å². The lowest BCUT2D eigenvalue weighted by Gasteiger charge is -2.04. The molecule has 2 aliphatic rings. The molecule has 116 valence electrons. The second-order valence-electron chi connectivity index (χ2n) is 6.22. The van der Waals surface area contributed by atoms with Gasteiger partial charge in [-0.1, -0.05) is 31.1 Å². The average molecular weight is 298 g/mol. The van der Waals surface area contributed by atoms with Crippen molar-refractivity contribution in [2.45, 2.75) is 32.1 Å². The van der Waals surface area contributed by atoms with Crippen LogP contribution in [-0.2, 0) is 11.2 Å². The summed E-state index contributed by atoms with van der Waals surface area (Å²) in [7, 11) is 0. The van der Waals surface area contributed by atoms with Crippen molar-refractivity contribution < 1.29 is 9.90 Å². The molecule has 0 saturated heterocycles. The number of rotatable bonds is 5. The Morgan fingerprint density at radius 1 is 1.36 bits per heavy atom. The molecule has 0 bridgehead atoms. The number of carbonyl (C=O) groups excluding carboxylic acids is 1. The highest BCUT2D eigenvalue weighted by atomic mass is 16.3. The molecule has 4 heteroatoms. The molecule has 4 nitrogen and oxygen atoms in total. The SMILES string of the molecule is C=CCc1cccc(/C=N/NC(=O)C2C3CCCCC32)c1O. The van der Waals surface area contributed by atoms with Crippen LogP contribution in [0.4, 0.5) is 0 Å². The molecule has 1 amide bonds. The molecule has 0 radical (unpaired) electrons. The van der Waals surface area contributed by atoms with E-state index in [-0.39, 0.29) is 17.6 Å². The monoisotopic (exact) mass is 298 g/mol. The van der Waals surface area contributed by atoms with Crippen molar-refractivity contribution in [1.82, 2.24) is 5.43 Å². The minimum absolute atomic E-state index is 0.0230. The fraction of sp³-hybridized carbons (Fsp3) is 0.444. The first-order valence-electron chi connectivity index (χ1n) is 7.97. The van der Waals surface area contributed by atoms with Crippen molar-refractivity contribution in [2.24, 2.45) is 22.9 Å². The predicted molar refractivity (Wildman–Crippen MR) is 86.7 cm³/mol. The highest BCUT2D eigenvalue weighted by Gasteiger charge is 2.54. The first kappa shape index (κ1) is 14.8. The van der Waals surface area contributed by atoms with Crippen LogP contribution in [0, 0.1) is 17.8 Å². The van der Waals surface area contributed by atoms with Crippen molar-refractivity contribution in [3.8, 4) is 5.75 Å². The number of amides is 1. The molecule has 2 unspecified atom stereocenters. The zero-order valence-corrected chi connectivity index (χ0v) is 12.7. The number of hydrogen-bond acceptors (Lipinski definition) is 3. The van der Waals surface area contributed by atoms with E-state index in [2.05, 4.69) is 17.1 Å². The molecule has 2 aliphatic carbocycles. The number of carbonyl (C=O) groups is 1. The lowest BCUT2D eigenvalue weighted by atomic mass is 10.0. The van der Waals surface area contributed by atoms with E-state index in [1.165, 1.54) is 31.9 Å². The van der Waals surface area contributed by atoms with Gasteiger partial charge in [0.1, 0.15) is 5.75 Å². The molecule has 0 spiro atoms. The minimum atomic E-state index is 0.0230. The van der Waals surface area contributed by atoms with Gasteiger partial charge in [-0.15, -0.1) is 6.58 Å². The van der Waals surface area contributed by atoms with Gasteiger partial charge in [0, 0.05) is 11.5 Å². The highest BCUT2D eigenvalue weighted by molar-refractivity contribution is 5.87. The summed E-state index contributed by atoms with van der Waals surface area (Å²) in [6, 6.07) is 5.48. The number of para-hydroxylation sites is 1. The molecular weight excluding hydrogens is 276 g/mol. The zero-order valence-electron chi connectivity index (χ0n) is 12.7. The molecule has 2 N–H and O–H groups in total. The fourth-order valence-corrected chi connectivity index (χ4v) is 3.66. The zero-order chi connectivity index (χ0) is 15.5. The molecule has 0 heterocycles. The van der Waals surface area contributed by atoms with Crippen molar-refractivity contribution in [3.63, 3.8) is 0 Å². The summed E-state index contributed by atoms with van der Waals surface area (Å²) in [6.45, 7) is 3.67. The number of benzene rings is 1. The van der Waals surface area contributed by atoms with E-state index in [1.54, 1.807) is 12.1 Å². The van der Waals surface area contributed by atoms with Crippen LogP contribution in [0.15, 0.2) is 36.0 Å². The van der Waals surface area contributed by atoms with Crippen LogP contribution >= 0.6 is 0 Å². The Kier molecular flexibility index (Phi) is 4.27. The third-order valence-corrected chi connectivity index (χ3v) is 4.85. The van der Waals surface area contributed by atoms with E-state index in [0.29, 0.717) is 23.8 Å². The standard InChI is InChI=1S/C18H22N2O2/c1-2-6-12-7-5-8-13(17(12)21)11-19-20-18(22)16-14-9-3-4-10-15(14)16/h2,5,7-8,11,14-16,21H,1,3-4,6,9-10H2,(H,20,22)/b19-11+. The van der Waals surface area contributed by atoms with E-state index in [1.807, 2.05) is 12.1 Å². The van der Waals surface area contributed by atoms with Gasteiger partial charge in [0.2, 0.25) is 5.91 Å². The van der Waals surface area contributed by atoms with Crippen LogP contribution in [-0.4, -0.2) is 17.2 Å². The Labute approximate surface area is 130 Å². The van der Waals surface area contributed by atoms with Gasteiger partial charge in [-0.2, -0.15) is 5.10 Å². The number of phenolic OH excluding ortho intramolecular Hbond substituents is 1. The number of fused-ring (bicyclic) bond motifs is 1. The predicted octanol–water partition coefficient (Wildman–Crippen LogP) is 3.01. The molecular formula is C18H22N2O2. The molecule has 0 aliphatic heterocycles. The van der Waals surface area contributed by atoms with Crippen LogP contribution in [0.3, 0.4) is 0 Å². The van der Waals surface area contributed by atoms with Gasteiger partial charge in [-0.05, 0) is 42.7 Å². The smallest absolute Gasteiger partial charge is 0.243 e. The summed E-state index contributed by atoms with van der Waals surface area (Å²) < 4.78 is 0. The quantitative estimate of drug-likeness (QED) is 0.498. The number of allylic oxidation sites excluding steroid dienone is 1. The summed E-state index contributed by atoms with van der Waals surface area (Å²) in [5.41, 5.74) is 4.04. The molecule has 0 aromatic heterocycles. The number of nitrogens with zero attached hydrogens (tertiary/aromatic N) is 1. The second-order valence-corrected chi connectivity index (χ2v) is 6.22. The van der Waals surface area contributed by atoms with Crippen LogP contribution < -0.4 is 5.43 Å². The summed E-state index contributed by atoms with van der Waals surface area (Å²) in [6.07, 6.45) is 8.70. The normalized spacial score (nSPS) is 26.5. The topological polar surface area (TPSA) is 61.7 Å². The van der Waals surface area contributed by atoms with Crippen molar-refractivity contribution in [1.29, 1.82) is 0 Å². The van der Waals surface area contributed by atoms with Crippen LogP contribution in [0.1, 0.15) is 36.8 Å². The molecule has 1 aromatic rings. The Morgan fingerprint density at radius 2 is 2.09 bits per heavy atom. The summed E-state index contributed by atoms with van der Waals surface area (Å²) >= 11 is 0. The Morgan fingerprint density at radius 3 is 2.77 bits per heavy atom. The van der Waals surface area contributed by atoms with E-state index >= 15 is 0 Å². The average Bonchev–Trinajstić information content (AvgIpc) is 3.25. The van der Waals surface area contributed by atoms with Crippen molar-refractivity contribution >= 4 is 12.1 Å². The first-order chi connectivity index (χ1) is 10.7. The largest absolute Gasteiger partial charge is 0.507 e. The summed E-state index contributed by atoms with van der Waals surface area (Å²) in [5, 5.41) is 14.1. The third-order valence-electron chi connectivity index (χ3n) is 4.85. The number of phenols is 1. The maximum Gasteiger partial charge on any atom is 0.243 e. The highest BCUT2D eigenvalue weighted by Crippen LogP contribution is 2.55. The lowest BCUT2D eigenvalue weighted by molar-refractivity contribution is -0.122. The van der Waals surface area contributed by atoms with Gasteiger partial charge < -0.3 is 5.11 Å². The van der Waals surface area contributed by atoms with Crippen LogP contribution in [0.2, 0.25) is 0 Å². The van der Waals surface area contributed by atoms with Gasteiger partial charge >= 0.3 is 0 Å². The van der Waals surface area contributed by atoms with Gasteiger partial charge in [-0.3, -0.25) is 4.79 Å². The van der Waals surface area contributed by atoms with E-state index in [9.17, 15) is 9.90 Å². The number of aromatic hydroxyl groups is 1. The van der Waals surface area contributed by atoms with Gasteiger partial charge in [-0.25, -0.2) is 5.43 Å². The number of hydrazone groups is 1. The van der Waals surface area contributed by atoms with Gasteiger partial charge in [0.15, 0.2) is 0 Å². The Hall–Kier alpha value is -2.10. The first-order valence-corrected chi connectivity index (χ1v) is 7.97. The maximum absolute atomic E-state index is 12.1. The van der Waals surface area contributed by atoms with Gasteiger partial charge in [0.05, 0.1) is 6.21 Å². The molecule has 1 aromatic carbocycles. The lowest BCUT2D eigenvalue weighted by Crippen LogP contribution is -2.20. The fourth-order valence-electron chi connectivity index (χ4n) is 3.66. The summed E-state index contributed by atoms with van der Waals surface area (Å²) in [5.74, 6) is 1.53. The molecule has 3 rings (SSSR count). The number of hydrogen-bond donors (Lipinski definition) is 2. The Balaban J connectivity index is 1.59. The van der Waals surface area contributed by atoms with Crippen LogP contribution in [0.5, 0.6) is 5.75 Å². The minimum Gasteiger partial charge on any atom is -0.507 e. The van der Waals surface area contributed by atoms with Crippen LogP contribution in [0.25, 0.3) is 0 Å². The number of nitrogens with one attached hydrogen (secondary N) is 1. The third kappa shape index (κ3) is 2.91. The summed E-state index contributed by atoms with van der Waals surface area (Å²) in [4.78, 5) is 12.1. The molecule has 2 fully saturated rings. The molecule has 2 atom stereocenters. The Bertz CT molecular complexity index is 597. The molecule has 22 heavy (non-hydrogen) atoms. The maximum atomic E-state index is 12.1. The van der Waals surface area contributed by atoms with E-state index < -0.39 is 0 Å². The molecule has 2 saturated carbocycles.